The Bertz CT molecular complexity index is 454. The summed E-state index contributed by atoms with van der Waals surface area (Å²) in [6, 6.07) is 9.62. The molecule has 2 saturated heterocycles. The molecule has 0 N–H and O–H groups in total. The third kappa shape index (κ3) is 2.70. The summed E-state index contributed by atoms with van der Waals surface area (Å²) in [5.41, 5.74) is 1.33. The summed E-state index contributed by atoms with van der Waals surface area (Å²) in [4.78, 5) is 14.2. The van der Waals surface area contributed by atoms with Crippen molar-refractivity contribution in [3.8, 4) is 0 Å². The number of rotatable bonds is 3. The number of benzene rings is 1. The van der Waals surface area contributed by atoms with E-state index >= 15 is 0 Å². The summed E-state index contributed by atoms with van der Waals surface area (Å²) in [7, 11) is 0. The number of hydrogen-bond donors (Lipinski definition) is 0. The summed E-state index contributed by atoms with van der Waals surface area (Å²) in [5, 5.41) is 0.792. The maximum absolute atomic E-state index is 11.6. The largest absolute Gasteiger partial charge is 0.300 e. The van der Waals surface area contributed by atoms with Crippen LogP contribution in [0.2, 0.25) is 5.02 Å². The number of fused-ring (bicyclic) bond motifs is 2. The van der Waals surface area contributed by atoms with E-state index in [1.54, 1.807) is 0 Å². The Labute approximate surface area is 119 Å². The number of carbonyl (C=O) groups excluding carboxylic acids is 1. The van der Waals surface area contributed by atoms with Crippen molar-refractivity contribution < 1.29 is 4.79 Å². The molecular weight excluding hydrogens is 258 g/mol. The van der Waals surface area contributed by atoms with Crippen LogP contribution >= 0.6 is 11.6 Å². The molecule has 3 rings (SSSR count). The zero-order valence-electron chi connectivity index (χ0n) is 11.3. The zero-order chi connectivity index (χ0) is 13.4. The van der Waals surface area contributed by atoms with Crippen LogP contribution in [0.3, 0.4) is 0 Å². The molecule has 3 atom stereocenters. The predicted octanol–water partition coefficient (Wildman–Crippen LogP) is 3.47. The van der Waals surface area contributed by atoms with Crippen LogP contribution in [0.1, 0.15) is 38.2 Å². The number of piperidine rings is 1. The molecule has 2 bridgehead atoms. The standard InChI is InChI=1S/C16H20ClNO/c1-11(8-12-2-4-13(17)5-3-12)18-14-6-7-15(18)10-16(19)9-14/h2-5,11,14-15H,6-10H2,1H3. The minimum Gasteiger partial charge on any atom is -0.300 e. The average Bonchev–Trinajstić information content (AvgIpc) is 2.65. The Kier molecular flexibility index (Phi) is 3.64. The van der Waals surface area contributed by atoms with Crippen molar-refractivity contribution in [2.24, 2.45) is 0 Å². The van der Waals surface area contributed by atoms with E-state index in [1.165, 1.54) is 18.4 Å². The van der Waals surface area contributed by atoms with Crippen LogP contribution in [0, 0.1) is 0 Å². The summed E-state index contributed by atoms with van der Waals surface area (Å²) < 4.78 is 0. The monoisotopic (exact) mass is 277 g/mol. The number of ketones is 1. The van der Waals surface area contributed by atoms with Crippen molar-refractivity contribution in [3.05, 3.63) is 34.9 Å². The second-order valence-corrected chi connectivity index (χ2v) is 6.40. The number of halogens is 1. The van der Waals surface area contributed by atoms with Crippen molar-refractivity contribution in [1.29, 1.82) is 0 Å². The van der Waals surface area contributed by atoms with E-state index in [9.17, 15) is 4.79 Å². The van der Waals surface area contributed by atoms with Gasteiger partial charge in [0, 0.05) is 36.0 Å². The maximum atomic E-state index is 11.6. The highest BCUT2D eigenvalue weighted by Crippen LogP contribution is 2.36. The molecule has 0 aromatic heterocycles. The van der Waals surface area contributed by atoms with Crippen molar-refractivity contribution in [2.45, 2.75) is 57.2 Å². The molecule has 1 aromatic carbocycles. The van der Waals surface area contributed by atoms with Crippen LogP contribution in [0.25, 0.3) is 0 Å². The van der Waals surface area contributed by atoms with Gasteiger partial charge in [0.1, 0.15) is 5.78 Å². The fourth-order valence-corrected chi connectivity index (χ4v) is 3.92. The molecule has 0 aliphatic carbocycles. The first-order valence-electron chi connectivity index (χ1n) is 7.17. The molecule has 3 unspecified atom stereocenters. The quantitative estimate of drug-likeness (QED) is 0.843. The SMILES string of the molecule is CC(Cc1ccc(Cl)cc1)N1C2CCC1CC(=O)C2. The maximum Gasteiger partial charge on any atom is 0.136 e. The lowest BCUT2D eigenvalue weighted by atomic mass is 9.97. The van der Waals surface area contributed by atoms with Gasteiger partial charge in [0.25, 0.3) is 0 Å². The van der Waals surface area contributed by atoms with Gasteiger partial charge < -0.3 is 0 Å². The van der Waals surface area contributed by atoms with Crippen LogP contribution < -0.4 is 0 Å². The molecule has 0 saturated carbocycles. The fourth-order valence-electron chi connectivity index (χ4n) is 3.79. The van der Waals surface area contributed by atoms with Crippen molar-refractivity contribution in [1.82, 2.24) is 4.90 Å². The highest BCUT2D eigenvalue weighted by atomic mass is 35.5. The van der Waals surface area contributed by atoms with Gasteiger partial charge in [0.05, 0.1) is 0 Å². The Morgan fingerprint density at radius 1 is 1.21 bits per heavy atom. The van der Waals surface area contributed by atoms with E-state index in [0.717, 1.165) is 24.3 Å². The first-order chi connectivity index (χ1) is 9.13. The first kappa shape index (κ1) is 13.1. The van der Waals surface area contributed by atoms with Crippen LogP contribution in [-0.2, 0) is 11.2 Å². The Balaban J connectivity index is 1.69. The van der Waals surface area contributed by atoms with E-state index in [1.807, 2.05) is 12.1 Å². The van der Waals surface area contributed by atoms with Crippen molar-refractivity contribution in [3.63, 3.8) is 0 Å². The van der Waals surface area contributed by atoms with Crippen LogP contribution in [0.4, 0.5) is 0 Å². The highest BCUT2D eigenvalue weighted by Gasteiger charge is 2.41. The molecule has 0 spiro atoms. The minimum absolute atomic E-state index is 0.461. The molecular formula is C16H20ClNO. The summed E-state index contributed by atoms with van der Waals surface area (Å²) >= 11 is 5.92. The van der Waals surface area contributed by atoms with Gasteiger partial charge in [-0.05, 0) is 43.9 Å². The van der Waals surface area contributed by atoms with E-state index in [-0.39, 0.29) is 0 Å². The van der Waals surface area contributed by atoms with E-state index < -0.39 is 0 Å². The Morgan fingerprint density at radius 3 is 2.37 bits per heavy atom. The number of nitrogens with zero attached hydrogens (tertiary/aromatic N) is 1. The van der Waals surface area contributed by atoms with Gasteiger partial charge in [0.2, 0.25) is 0 Å². The zero-order valence-corrected chi connectivity index (χ0v) is 12.1. The van der Waals surface area contributed by atoms with E-state index in [4.69, 9.17) is 11.6 Å². The smallest absolute Gasteiger partial charge is 0.136 e. The minimum atomic E-state index is 0.461. The second-order valence-electron chi connectivity index (χ2n) is 5.96. The van der Waals surface area contributed by atoms with Gasteiger partial charge in [-0.15, -0.1) is 0 Å². The van der Waals surface area contributed by atoms with Crippen molar-refractivity contribution in [2.75, 3.05) is 0 Å². The van der Waals surface area contributed by atoms with Crippen LogP contribution in [-0.4, -0.2) is 28.8 Å². The lowest BCUT2D eigenvalue weighted by molar-refractivity contribution is -0.124. The van der Waals surface area contributed by atoms with E-state index in [2.05, 4.69) is 24.0 Å². The summed E-state index contributed by atoms with van der Waals surface area (Å²) in [6.45, 7) is 2.29. The normalized spacial score (nSPS) is 28.6. The lowest BCUT2D eigenvalue weighted by Crippen LogP contribution is -2.48. The number of Topliss-reactive ketones (excluding diaryl/α,β-unsaturated/α-hetero) is 1. The molecule has 2 heterocycles. The highest BCUT2D eigenvalue weighted by molar-refractivity contribution is 6.30. The third-order valence-electron chi connectivity index (χ3n) is 4.56. The first-order valence-corrected chi connectivity index (χ1v) is 7.55. The Hall–Kier alpha value is -0.860. The number of carbonyl (C=O) groups is 1. The molecule has 1 aromatic rings. The van der Waals surface area contributed by atoms with Gasteiger partial charge in [-0.2, -0.15) is 0 Å². The van der Waals surface area contributed by atoms with Gasteiger partial charge in [-0.1, -0.05) is 23.7 Å². The lowest BCUT2D eigenvalue weighted by Gasteiger charge is -2.38. The van der Waals surface area contributed by atoms with Gasteiger partial charge in [-0.3, -0.25) is 9.69 Å². The molecule has 102 valence electrons. The average molecular weight is 278 g/mol. The topological polar surface area (TPSA) is 20.3 Å². The van der Waals surface area contributed by atoms with Gasteiger partial charge in [0.15, 0.2) is 0 Å². The third-order valence-corrected chi connectivity index (χ3v) is 4.81. The molecule has 2 aliphatic heterocycles. The van der Waals surface area contributed by atoms with E-state index in [0.29, 0.717) is 23.9 Å². The number of hydrogen-bond acceptors (Lipinski definition) is 2. The predicted molar refractivity (Wildman–Crippen MR) is 77.5 cm³/mol. The summed E-state index contributed by atoms with van der Waals surface area (Å²) in [5.74, 6) is 0.461. The van der Waals surface area contributed by atoms with Gasteiger partial charge in [-0.25, -0.2) is 0 Å². The molecule has 0 radical (unpaired) electrons. The molecule has 0 amide bonds. The Morgan fingerprint density at radius 2 is 1.79 bits per heavy atom. The fraction of sp³-hybridized carbons (Fsp3) is 0.562. The van der Waals surface area contributed by atoms with Gasteiger partial charge >= 0.3 is 0 Å². The molecule has 2 nitrogen and oxygen atoms in total. The second kappa shape index (κ2) is 5.26. The molecule has 19 heavy (non-hydrogen) atoms. The van der Waals surface area contributed by atoms with Crippen LogP contribution in [0.5, 0.6) is 0 Å². The molecule has 2 aliphatic rings. The molecule has 2 fully saturated rings. The summed E-state index contributed by atoms with van der Waals surface area (Å²) in [6.07, 6.45) is 4.96. The molecule has 3 heteroatoms. The van der Waals surface area contributed by atoms with Crippen molar-refractivity contribution >= 4 is 17.4 Å². The van der Waals surface area contributed by atoms with Crippen LogP contribution in [0.15, 0.2) is 24.3 Å².